The van der Waals surface area contributed by atoms with Gasteiger partial charge in [-0.2, -0.15) is 17.2 Å². The first kappa shape index (κ1) is 105. The quantitative estimate of drug-likeness (QED) is 0.0262. The van der Waals surface area contributed by atoms with Gasteiger partial charge >= 0.3 is 14.7 Å². The molecule has 1 heterocycles. The molecule has 0 aromatic heterocycles. The van der Waals surface area contributed by atoms with E-state index in [0.717, 1.165) is 200 Å². The lowest BCUT2D eigenvalue weighted by atomic mass is 9.75. The van der Waals surface area contributed by atoms with Crippen molar-refractivity contribution in [3.05, 3.63) is 242 Å². The molecule has 0 amide bonds. The predicted octanol–water partition coefficient (Wildman–Crippen LogP) is 26.3. The summed E-state index contributed by atoms with van der Waals surface area (Å²) in [5.74, 6) is 8.06. The molecule has 9 aromatic carbocycles. The number of alkyl halides is 2. The number of methoxy groups -OCH3 is 3. The Morgan fingerprint density at radius 3 is 1.11 bits per heavy atom. The van der Waals surface area contributed by atoms with Crippen LogP contribution < -0.4 is 23.1 Å². The Labute approximate surface area is 807 Å². The Hall–Kier alpha value is -7.84. The highest BCUT2D eigenvalue weighted by molar-refractivity contribution is 8.18. The Morgan fingerprint density at radius 1 is 0.407 bits per heavy atom. The minimum atomic E-state index is -6.31. The fourth-order valence-electron chi connectivity index (χ4n) is 20.8. The number of nitrogens with zero attached hydrogens (tertiary/aromatic N) is 1. The van der Waals surface area contributed by atoms with Crippen LogP contribution in [-0.2, 0) is 81.7 Å². The average Bonchev–Trinajstić information content (AvgIpc) is 0.840. The zero-order valence-corrected chi connectivity index (χ0v) is 84.9. The van der Waals surface area contributed by atoms with Crippen molar-refractivity contribution >= 4 is 92.5 Å². The molecule has 0 N–H and O–H groups in total. The van der Waals surface area contributed by atoms with Crippen LogP contribution in [-0.4, -0.2) is 105 Å². The van der Waals surface area contributed by atoms with E-state index >= 15 is 8.78 Å². The summed E-state index contributed by atoms with van der Waals surface area (Å²) in [6.07, 6.45) is 41.3. The number of rotatable bonds is 27. The number of benzene rings is 9. The smallest absolute Gasteiger partial charge is 0.465 e. The van der Waals surface area contributed by atoms with Crippen molar-refractivity contribution < 1.29 is 87.0 Å². The average molecular weight is 2000 g/mol. The molecule has 1 saturated heterocycles. The van der Waals surface area contributed by atoms with Crippen molar-refractivity contribution in [2.24, 2.45) is 5.92 Å². The maximum Gasteiger partial charge on any atom is 0.465 e. The molecule has 0 spiro atoms. The van der Waals surface area contributed by atoms with E-state index in [1.807, 2.05) is 48.5 Å². The minimum absolute atomic E-state index is 0.0930. The molecule has 17 rings (SSSR count). The molecule has 8 fully saturated rings. The van der Waals surface area contributed by atoms with Crippen molar-refractivity contribution in [2.45, 2.75) is 312 Å². The first-order chi connectivity index (χ1) is 64.8. The van der Waals surface area contributed by atoms with Gasteiger partial charge in [0, 0.05) is 46.1 Å². The summed E-state index contributed by atoms with van der Waals surface area (Å²) in [5.41, 5.74) is 5.24. The number of hydrogen-bond donors (Lipinski definition) is 0. The zero-order chi connectivity index (χ0) is 96.0. The molecular formula is C106H133F2NO18S8. The van der Waals surface area contributed by atoms with E-state index in [1.54, 1.807) is 38.4 Å². The predicted molar refractivity (Wildman–Crippen MR) is 536 cm³/mol. The van der Waals surface area contributed by atoms with E-state index in [2.05, 4.69) is 95.6 Å². The zero-order valence-electron chi connectivity index (χ0n) is 78.3. The van der Waals surface area contributed by atoms with Crippen molar-refractivity contribution in [1.82, 2.24) is 0 Å². The Bertz CT molecular complexity index is 5900. The summed E-state index contributed by atoms with van der Waals surface area (Å²) in [7, 11) is -24.8. The van der Waals surface area contributed by atoms with Gasteiger partial charge in [-0.05, 0) is 256 Å². The Balaban J connectivity index is 0.000000146. The third-order valence-corrected chi connectivity index (χ3v) is 42.5. The molecule has 7 aliphatic carbocycles. The van der Waals surface area contributed by atoms with E-state index in [4.69, 9.17) is 23.1 Å². The fourth-order valence-corrected chi connectivity index (χ4v) is 33.4. The van der Waals surface area contributed by atoms with Crippen molar-refractivity contribution in [3.8, 4) is 28.7 Å². The van der Waals surface area contributed by atoms with Crippen LogP contribution >= 0.6 is 0 Å². The topological polar surface area (TPSA) is 288 Å². The summed E-state index contributed by atoms with van der Waals surface area (Å²) in [6, 6.07) is 60.9. The largest absolute Gasteiger partial charge is 0.744 e. The second-order valence-corrected chi connectivity index (χ2v) is 52.3. The standard InChI is InChI=1S/C26H38F2NO7S3.C24H36O3S.C21H21O3S.C21H27OS.C14H12O4S2/c1-37(30,31)29-38(32,33)26(27,28)39(34,35)36-25-23(20-13-7-3-8-14-20)17-22(19-11-5-2-6-12-19)18-24(25)21-15-9-4-10-16-21;25-28(26,27)24-22(19-12-6-2-7-13-19)16-21(18-10-4-1-5-11-18)17-23(24)20-14-8-3-9-15-20;1-22-16-7-4-10-19(13-16)25(20-11-5-8-17(14-20)23-2)21-12-6-9-18(15-21)24-3;1-2-8-17(9-3-1)16-22-20-12-13-21(23-14-6-7-15-23)19-11-5-4-10-18(19)20;1-12(19(15,16)13-8-4-2-5-9-13)20(17,18)14-10-6-3-7-11-14/h17-21H,2-16H2,1H3;16-20H,1-15H2,(H,25,26,27);4-15H,1-3H3;4-5,10-13,17H,1-3,6-9,14-16H2;2-11H,1H2/q-1;;2*+1;/p-1. The van der Waals surface area contributed by atoms with Crippen LogP contribution in [0.4, 0.5) is 8.78 Å². The maximum absolute atomic E-state index is 15.1. The van der Waals surface area contributed by atoms with Gasteiger partial charge in [0.05, 0.1) is 63.5 Å². The highest BCUT2D eigenvalue weighted by Crippen LogP contribution is 2.52. The van der Waals surface area contributed by atoms with Gasteiger partial charge in [-0.15, -0.1) is 0 Å². The van der Waals surface area contributed by atoms with Crippen LogP contribution in [0.5, 0.6) is 28.7 Å². The molecule has 8 aliphatic rings. The van der Waals surface area contributed by atoms with Crippen molar-refractivity contribution in [3.63, 3.8) is 0 Å². The third-order valence-electron chi connectivity index (χ3n) is 27.9. The lowest BCUT2D eigenvalue weighted by Crippen LogP contribution is -2.41. The van der Waals surface area contributed by atoms with Gasteiger partial charge in [-0.3, -0.25) is 0 Å². The monoisotopic (exact) mass is 2000 g/mol. The molecule has 732 valence electrons. The number of sulfone groups is 2. The number of ether oxygens (including phenoxy) is 4. The second kappa shape index (κ2) is 48.4. The summed E-state index contributed by atoms with van der Waals surface area (Å²) < 4.78 is 213. The van der Waals surface area contributed by atoms with Crippen LogP contribution in [0.3, 0.4) is 0 Å². The van der Waals surface area contributed by atoms with Gasteiger partial charge in [0.1, 0.15) is 50.4 Å². The van der Waals surface area contributed by atoms with E-state index in [1.165, 1.54) is 181 Å². The van der Waals surface area contributed by atoms with Gasteiger partial charge in [0.15, 0.2) is 33.8 Å². The Kier molecular flexibility index (Phi) is 37.4. The van der Waals surface area contributed by atoms with E-state index in [9.17, 15) is 55.1 Å². The van der Waals surface area contributed by atoms with Gasteiger partial charge in [0.25, 0.3) is 0 Å². The lowest BCUT2D eigenvalue weighted by molar-refractivity contribution is 0.169. The van der Waals surface area contributed by atoms with Gasteiger partial charge in [0.2, 0.25) is 19.7 Å². The number of fused-ring (bicyclic) bond motifs is 1. The third kappa shape index (κ3) is 27.2. The number of halogens is 2. The minimum Gasteiger partial charge on any atom is -0.744 e. The molecule has 29 heteroatoms. The molecule has 0 unspecified atom stereocenters. The number of hydrogen-bond acceptors (Lipinski definition) is 18. The van der Waals surface area contributed by atoms with Crippen LogP contribution in [0.25, 0.3) is 14.9 Å². The van der Waals surface area contributed by atoms with E-state index < -0.39 is 68.8 Å². The molecular weight excluding hydrogens is 1870 g/mol. The van der Waals surface area contributed by atoms with Crippen LogP contribution in [0.15, 0.2) is 239 Å². The van der Waals surface area contributed by atoms with Crippen LogP contribution in [0.1, 0.15) is 306 Å². The number of sulfonamides is 2. The highest BCUT2D eigenvalue weighted by Gasteiger charge is 2.57. The summed E-state index contributed by atoms with van der Waals surface area (Å²) in [5, 5.41) is 2.75. The van der Waals surface area contributed by atoms with Crippen LogP contribution in [0.2, 0.25) is 0 Å². The SMILES string of the molecule is C=C(S(=O)(=O)c1ccccc1)S(=O)(=O)c1ccccc1.COc1cccc([S+](c2cccc(OC)c2)c2cccc(OC)c2)c1.CS(=O)(=O)[N-]S(=O)(=O)C(F)(F)S(=O)(=O)Oc1c(C2CCCCC2)cc(C2CCCCC2)cc1C1CCCCC1.O=S(=O)([O-])c1c(C2CCCCC2)cc(C2CCCCC2)cc1C1CCCCC1.c1ccc2c([S+]3CCCC3)ccc(OCC3CCCCC3)c2c1. The molecule has 19 nitrogen and oxygen atoms in total. The first-order valence-corrected chi connectivity index (χ1v) is 60.2. The summed E-state index contributed by atoms with van der Waals surface area (Å²) in [4.78, 5) is 5.12. The lowest BCUT2D eigenvalue weighted by Gasteiger charge is -2.33. The molecule has 9 aromatic rings. The molecule has 0 radical (unpaired) electrons. The molecule has 135 heavy (non-hydrogen) atoms. The Morgan fingerprint density at radius 2 is 0.748 bits per heavy atom. The first-order valence-electron chi connectivity index (χ1n) is 48.4. The van der Waals surface area contributed by atoms with Crippen molar-refractivity contribution in [1.29, 1.82) is 0 Å². The second-order valence-electron chi connectivity index (χ2n) is 37.2. The van der Waals surface area contributed by atoms with E-state index in [0.29, 0.717) is 34.2 Å². The van der Waals surface area contributed by atoms with E-state index in [-0.39, 0.29) is 60.9 Å². The fraction of sp³-hybridized carbons (Fsp3) is 0.491. The van der Waals surface area contributed by atoms with Crippen LogP contribution in [0, 0.1) is 5.92 Å². The maximum atomic E-state index is 15.1. The normalized spacial score (nSPS) is 18.3. The van der Waals surface area contributed by atoms with Gasteiger partial charge < -0.3 is 31.8 Å². The van der Waals surface area contributed by atoms with Crippen molar-refractivity contribution in [2.75, 3.05) is 45.7 Å². The van der Waals surface area contributed by atoms with Gasteiger partial charge in [-0.1, -0.05) is 238 Å². The molecule has 1 aliphatic heterocycles. The molecule has 0 atom stereocenters. The summed E-state index contributed by atoms with van der Waals surface area (Å²) >= 11 is 0. The summed E-state index contributed by atoms with van der Waals surface area (Å²) in [6.45, 7) is 4.17. The van der Waals surface area contributed by atoms with Gasteiger partial charge in [-0.25, -0.2) is 42.1 Å². The molecule has 7 saturated carbocycles. The highest BCUT2D eigenvalue weighted by atomic mass is 32.3. The molecule has 0 bridgehead atoms.